The maximum atomic E-state index is 5.53. The molecule has 0 radical (unpaired) electrons. The van der Waals surface area contributed by atoms with Crippen molar-refractivity contribution in [3.05, 3.63) is 29.8 Å². The molecule has 0 aliphatic carbocycles. The fourth-order valence-corrected chi connectivity index (χ4v) is 4.16. The smallest absolute Gasteiger partial charge is 0.119 e. The van der Waals surface area contributed by atoms with E-state index in [4.69, 9.17) is 10.5 Å². The summed E-state index contributed by atoms with van der Waals surface area (Å²) in [4.78, 5) is 0. The van der Waals surface area contributed by atoms with Crippen LogP contribution in [-0.2, 0) is 6.42 Å². The molecule has 1 aromatic rings. The highest BCUT2D eigenvalue weighted by Crippen LogP contribution is 2.16. The van der Waals surface area contributed by atoms with Crippen molar-refractivity contribution in [2.75, 3.05) is 13.2 Å². The summed E-state index contributed by atoms with van der Waals surface area (Å²) < 4.78 is 5.53. The maximum Gasteiger partial charge on any atom is 0.119 e. The molecule has 0 atom stereocenters. The summed E-state index contributed by atoms with van der Waals surface area (Å²) in [6.45, 7) is 3.46. The van der Waals surface area contributed by atoms with E-state index in [1.165, 1.54) is 128 Å². The Kier molecular flexibility index (Phi) is 19.1. The first-order valence-electron chi connectivity index (χ1n) is 13.3. The Labute approximate surface area is 188 Å². The SMILES string of the molecule is CCCCCCCCCCCCCCCCCCCCc1ccc(OCCN)cc1. The molecular formula is C28H51NO. The molecule has 0 aromatic heterocycles. The number of ether oxygens (including phenoxy) is 1. The zero-order valence-corrected chi connectivity index (χ0v) is 20.1. The molecule has 0 fully saturated rings. The summed E-state index contributed by atoms with van der Waals surface area (Å²) in [5.41, 5.74) is 6.88. The van der Waals surface area contributed by atoms with E-state index >= 15 is 0 Å². The molecule has 0 aliphatic rings. The highest BCUT2D eigenvalue weighted by molar-refractivity contribution is 5.27. The number of aryl methyl sites for hydroxylation is 1. The van der Waals surface area contributed by atoms with Gasteiger partial charge < -0.3 is 10.5 Å². The van der Waals surface area contributed by atoms with Crippen molar-refractivity contribution in [3.63, 3.8) is 0 Å². The van der Waals surface area contributed by atoms with Gasteiger partial charge in [-0.05, 0) is 30.5 Å². The predicted molar refractivity (Wildman–Crippen MR) is 133 cm³/mol. The third kappa shape index (κ3) is 16.7. The standard InChI is InChI=1S/C28H51NO/c1-2-3-4-5-6-7-8-9-10-11-12-13-14-15-16-17-18-19-20-27-21-23-28(24-22-27)30-26-25-29/h21-24H,2-20,25-26,29H2,1H3. The number of nitrogens with two attached hydrogens (primary N) is 1. The van der Waals surface area contributed by atoms with Crippen LogP contribution in [0.25, 0.3) is 0 Å². The van der Waals surface area contributed by atoms with Crippen LogP contribution in [0, 0.1) is 0 Å². The largest absolute Gasteiger partial charge is 0.492 e. The van der Waals surface area contributed by atoms with E-state index in [1.54, 1.807) is 0 Å². The molecule has 174 valence electrons. The maximum absolute atomic E-state index is 5.53. The molecule has 1 rings (SSSR count). The van der Waals surface area contributed by atoms with Gasteiger partial charge in [-0.15, -0.1) is 0 Å². The van der Waals surface area contributed by atoms with Crippen molar-refractivity contribution in [1.82, 2.24) is 0 Å². The molecule has 0 spiro atoms. The van der Waals surface area contributed by atoms with Gasteiger partial charge in [0.25, 0.3) is 0 Å². The lowest BCUT2D eigenvalue weighted by molar-refractivity contribution is 0.328. The fourth-order valence-electron chi connectivity index (χ4n) is 4.16. The third-order valence-electron chi connectivity index (χ3n) is 6.13. The van der Waals surface area contributed by atoms with Crippen LogP contribution in [0.3, 0.4) is 0 Å². The van der Waals surface area contributed by atoms with E-state index in [9.17, 15) is 0 Å². The summed E-state index contributed by atoms with van der Waals surface area (Å²) in [6, 6.07) is 8.53. The first-order valence-corrected chi connectivity index (χ1v) is 13.3. The average molecular weight is 418 g/mol. The van der Waals surface area contributed by atoms with Gasteiger partial charge in [-0.3, -0.25) is 0 Å². The number of hydrogen-bond acceptors (Lipinski definition) is 2. The van der Waals surface area contributed by atoms with E-state index in [0.717, 1.165) is 5.75 Å². The van der Waals surface area contributed by atoms with Gasteiger partial charge in [0.15, 0.2) is 0 Å². The molecule has 0 aliphatic heterocycles. The Balaban J connectivity index is 1.77. The summed E-state index contributed by atoms with van der Waals surface area (Å²) in [6.07, 6.45) is 27.0. The first-order chi connectivity index (χ1) is 14.9. The van der Waals surface area contributed by atoms with E-state index in [0.29, 0.717) is 13.2 Å². The van der Waals surface area contributed by atoms with Crippen molar-refractivity contribution < 1.29 is 4.74 Å². The van der Waals surface area contributed by atoms with E-state index in [2.05, 4.69) is 31.2 Å². The van der Waals surface area contributed by atoms with Gasteiger partial charge in [0, 0.05) is 6.54 Å². The van der Waals surface area contributed by atoms with Crippen LogP contribution in [0.1, 0.15) is 128 Å². The molecule has 2 N–H and O–H groups in total. The minimum absolute atomic E-state index is 0.570. The highest BCUT2D eigenvalue weighted by Gasteiger charge is 1.98. The lowest BCUT2D eigenvalue weighted by atomic mass is 10.0. The zero-order valence-electron chi connectivity index (χ0n) is 20.1. The number of benzene rings is 1. The monoisotopic (exact) mass is 417 g/mol. The predicted octanol–water partition coefficient (Wildman–Crippen LogP) is 8.61. The highest BCUT2D eigenvalue weighted by atomic mass is 16.5. The van der Waals surface area contributed by atoms with Gasteiger partial charge in [0.2, 0.25) is 0 Å². The number of hydrogen-bond donors (Lipinski definition) is 1. The van der Waals surface area contributed by atoms with Crippen molar-refractivity contribution in [1.29, 1.82) is 0 Å². The van der Waals surface area contributed by atoms with Gasteiger partial charge >= 0.3 is 0 Å². The molecular weight excluding hydrogens is 366 g/mol. The topological polar surface area (TPSA) is 35.2 Å². The minimum atomic E-state index is 0.570. The summed E-state index contributed by atoms with van der Waals surface area (Å²) in [5, 5.41) is 0. The van der Waals surface area contributed by atoms with Crippen LogP contribution < -0.4 is 10.5 Å². The van der Waals surface area contributed by atoms with Gasteiger partial charge in [-0.1, -0.05) is 128 Å². The van der Waals surface area contributed by atoms with E-state index < -0.39 is 0 Å². The Morgan fingerprint density at radius 3 is 1.37 bits per heavy atom. The average Bonchev–Trinajstić information content (AvgIpc) is 2.77. The Morgan fingerprint density at radius 2 is 0.967 bits per heavy atom. The zero-order chi connectivity index (χ0) is 21.5. The van der Waals surface area contributed by atoms with Gasteiger partial charge in [0.1, 0.15) is 12.4 Å². The number of rotatable bonds is 22. The molecule has 0 unspecified atom stereocenters. The van der Waals surface area contributed by atoms with Crippen molar-refractivity contribution in [2.24, 2.45) is 5.73 Å². The van der Waals surface area contributed by atoms with E-state index in [1.807, 2.05) is 0 Å². The van der Waals surface area contributed by atoms with Crippen LogP contribution in [0.15, 0.2) is 24.3 Å². The second kappa shape index (κ2) is 21.2. The molecule has 0 amide bonds. The molecule has 0 saturated carbocycles. The Hall–Kier alpha value is -1.02. The van der Waals surface area contributed by atoms with Crippen molar-refractivity contribution >= 4 is 0 Å². The van der Waals surface area contributed by atoms with Crippen LogP contribution in [-0.4, -0.2) is 13.2 Å². The molecule has 0 bridgehead atoms. The van der Waals surface area contributed by atoms with Gasteiger partial charge in [-0.2, -0.15) is 0 Å². The quantitative estimate of drug-likeness (QED) is 0.192. The third-order valence-corrected chi connectivity index (χ3v) is 6.13. The van der Waals surface area contributed by atoms with Crippen molar-refractivity contribution in [2.45, 2.75) is 129 Å². The summed E-state index contributed by atoms with van der Waals surface area (Å²) in [5.74, 6) is 0.932. The first kappa shape index (κ1) is 27.0. The van der Waals surface area contributed by atoms with E-state index in [-0.39, 0.29) is 0 Å². The molecule has 1 aromatic carbocycles. The molecule has 30 heavy (non-hydrogen) atoms. The number of unbranched alkanes of at least 4 members (excludes halogenated alkanes) is 17. The lowest BCUT2D eigenvalue weighted by Crippen LogP contribution is -2.10. The summed E-state index contributed by atoms with van der Waals surface area (Å²) in [7, 11) is 0. The Bertz CT molecular complexity index is 456. The second-order valence-corrected chi connectivity index (χ2v) is 9.04. The van der Waals surface area contributed by atoms with Crippen LogP contribution >= 0.6 is 0 Å². The molecule has 2 nitrogen and oxygen atoms in total. The second-order valence-electron chi connectivity index (χ2n) is 9.04. The van der Waals surface area contributed by atoms with Crippen LogP contribution in [0.5, 0.6) is 5.75 Å². The molecule has 2 heteroatoms. The minimum Gasteiger partial charge on any atom is -0.492 e. The van der Waals surface area contributed by atoms with Crippen molar-refractivity contribution in [3.8, 4) is 5.75 Å². The fraction of sp³-hybridized carbons (Fsp3) is 0.786. The van der Waals surface area contributed by atoms with Gasteiger partial charge in [0.05, 0.1) is 0 Å². The normalized spacial score (nSPS) is 11.1. The van der Waals surface area contributed by atoms with Crippen LogP contribution in [0.4, 0.5) is 0 Å². The molecule has 0 saturated heterocycles. The Morgan fingerprint density at radius 1 is 0.567 bits per heavy atom. The lowest BCUT2D eigenvalue weighted by Gasteiger charge is -2.06. The molecule has 0 heterocycles. The summed E-state index contributed by atoms with van der Waals surface area (Å²) >= 11 is 0. The van der Waals surface area contributed by atoms with Crippen LogP contribution in [0.2, 0.25) is 0 Å². The van der Waals surface area contributed by atoms with Gasteiger partial charge in [-0.25, -0.2) is 0 Å².